The number of aliphatic hydroxyl groups is 1. The number of hydrogen-bond donors (Lipinski definition) is 2. The van der Waals surface area contributed by atoms with Crippen LogP contribution in [0.4, 0.5) is 13.2 Å². The van der Waals surface area contributed by atoms with Gasteiger partial charge < -0.3 is 15.6 Å². The zero-order chi connectivity index (χ0) is 16.8. The number of benzene rings is 2. The van der Waals surface area contributed by atoms with Gasteiger partial charge >= 0.3 is 6.18 Å². The lowest BCUT2D eigenvalue weighted by Gasteiger charge is -2.28. The molecule has 0 saturated carbocycles. The minimum Gasteiger partial charge on any atom is -0.484 e. The summed E-state index contributed by atoms with van der Waals surface area (Å²) in [5.74, 6) is -0.724. The van der Waals surface area contributed by atoms with Gasteiger partial charge in [0.05, 0.1) is 0 Å². The van der Waals surface area contributed by atoms with Crippen LogP contribution in [0.25, 0.3) is 11.1 Å². The molecule has 4 nitrogen and oxygen atoms in total. The van der Waals surface area contributed by atoms with Crippen molar-refractivity contribution in [1.29, 1.82) is 0 Å². The van der Waals surface area contributed by atoms with E-state index in [1.807, 2.05) is 0 Å². The SMILES string of the molecule is NC(=O)COc1ccc2c(c1)[C@](O)(C(F)(F)F)c1ccccc1-2. The van der Waals surface area contributed by atoms with Crippen molar-refractivity contribution in [3.8, 4) is 16.9 Å². The summed E-state index contributed by atoms with van der Waals surface area (Å²) < 4.78 is 45.8. The van der Waals surface area contributed by atoms with Crippen LogP contribution < -0.4 is 10.5 Å². The van der Waals surface area contributed by atoms with Gasteiger partial charge in [-0.25, -0.2) is 0 Å². The van der Waals surface area contributed by atoms with Gasteiger partial charge in [-0.1, -0.05) is 30.3 Å². The summed E-state index contributed by atoms with van der Waals surface area (Å²) in [5.41, 5.74) is 1.86. The van der Waals surface area contributed by atoms with Crippen LogP contribution >= 0.6 is 0 Å². The van der Waals surface area contributed by atoms with E-state index in [0.717, 1.165) is 6.07 Å². The van der Waals surface area contributed by atoms with E-state index in [2.05, 4.69) is 0 Å². The molecule has 0 heterocycles. The fraction of sp³-hybridized carbons (Fsp3) is 0.188. The van der Waals surface area contributed by atoms with E-state index >= 15 is 0 Å². The zero-order valence-electron chi connectivity index (χ0n) is 11.7. The van der Waals surface area contributed by atoms with E-state index < -0.39 is 24.3 Å². The number of carbonyl (C=O) groups is 1. The van der Waals surface area contributed by atoms with Gasteiger partial charge in [-0.05, 0) is 23.3 Å². The van der Waals surface area contributed by atoms with Crippen LogP contribution in [0.3, 0.4) is 0 Å². The normalized spacial score (nSPS) is 19.1. The number of halogens is 3. The van der Waals surface area contributed by atoms with E-state index in [0.29, 0.717) is 5.56 Å². The summed E-state index contributed by atoms with van der Waals surface area (Å²) in [5, 5.41) is 10.5. The van der Waals surface area contributed by atoms with Gasteiger partial charge in [0.1, 0.15) is 5.75 Å². The molecule has 3 rings (SSSR count). The molecule has 1 atom stereocenters. The molecule has 0 fully saturated rings. The predicted molar refractivity (Wildman–Crippen MR) is 75.6 cm³/mol. The number of ether oxygens (including phenoxy) is 1. The molecule has 1 aliphatic rings. The van der Waals surface area contributed by atoms with Crippen LogP contribution in [0, 0.1) is 0 Å². The minimum absolute atomic E-state index is 0.0260. The summed E-state index contributed by atoms with van der Waals surface area (Å²) in [6.45, 7) is -0.462. The third kappa shape index (κ3) is 2.24. The van der Waals surface area contributed by atoms with E-state index in [4.69, 9.17) is 10.5 Å². The lowest BCUT2D eigenvalue weighted by Crippen LogP contribution is -2.41. The summed E-state index contributed by atoms with van der Waals surface area (Å²) in [6.07, 6.45) is -4.91. The molecule has 0 unspecified atom stereocenters. The van der Waals surface area contributed by atoms with Crippen LogP contribution in [0.2, 0.25) is 0 Å². The summed E-state index contributed by atoms with van der Waals surface area (Å²) >= 11 is 0. The number of alkyl halides is 3. The van der Waals surface area contributed by atoms with Crippen molar-refractivity contribution in [2.24, 2.45) is 5.73 Å². The molecule has 0 spiro atoms. The molecule has 1 aliphatic carbocycles. The first-order chi connectivity index (χ1) is 10.7. The third-order valence-corrected chi connectivity index (χ3v) is 3.78. The van der Waals surface area contributed by atoms with Gasteiger partial charge in [0.2, 0.25) is 5.60 Å². The zero-order valence-corrected chi connectivity index (χ0v) is 11.7. The van der Waals surface area contributed by atoms with Crippen molar-refractivity contribution < 1.29 is 27.8 Å². The van der Waals surface area contributed by atoms with Gasteiger partial charge in [0.25, 0.3) is 5.91 Å². The number of hydrogen-bond acceptors (Lipinski definition) is 3. The molecule has 0 aromatic heterocycles. The lowest BCUT2D eigenvalue weighted by molar-refractivity contribution is -0.246. The van der Waals surface area contributed by atoms with E-state index in [-0.39, 0.29) is 22.4 Å². The molecule has 2 aromatic carbocycles. The van der Waals surface area contributed by atoms with Crippen molar-refractivity contribution in [1.82, 2.24) is 0 Å². The molecule has 2 aromatic rings. The number of fused-ring (bicyclic) bond motifs is 3. The van der Waals surface area contributed by atoms with Crippen LogP contribution in [0.1, 0.15) is 11.1 Å². The van der Waals surface area contributed by atoms with Crippen molar-refractivity contribution >= 4 is 5.91 Å². The highest BCUT2D eigenvalue weighted by molar-refractivity contribution is 5.81. The highest BCUT2D eigenvalue weighted by atomic mass is 19.4. The molecule has 23 heavy (non-hydrogen) atoms. The molecule has 120 valence electrons. The molecule has 3 N–H and O–H groups in total. The Kier molecular flexibility index (Phi) is 3.33. The molecular weight excluding hydrogens is 311 g/mol. The molecule has 0 aliphatic heterocycles. The summed E-state index contributed by atoms with van der Waals surface area (Å²) in [6, 6.07) is 9.74. The molecule has 7 heteroatoms. The molecule has 0 radical (unpaired) electrons. The molecule has 0 saturated heterocycles. The van der Waals surface area contributed by atoms with E-state index in [9.17, 15) is 23.1 Å². The fourth-order valence-corrected chi connectivity index (χ4v) is 2.79. The Bertz CT molecular complexity index is 788. The Hall–Kier alpha value is -2.54. The number of primary amides is 1. The number of amides is 1. The van der Waals surface area contributed by atoms with Gasteiger partial charge in [-0.15, -0.1) is 0 Å². The van der Waals surface area contributed by atoms with Crippen molar-refractivity contribution in [3.05, 3.63) is 53.6 Å². The fourth-order valence-electron chi connectivity index (χ4n) is 2.79. The topological polar surface area (TPSA) is 72.6 Å². The first kappa shape index (κ1) is 15.4. The number of nitrogens with two attached hydrogens (primary N) is 1. The average Bonchev–Trinajstić information content (AvgIpc) is 2.76. The summed E-state index contributed by atoms with van der Waals surface area (Å²) in [7, 11) is 0. The van der Waals surface area contributed by atoms with Gasteiger partial charge in [0.15, 0.2) is 6.61 Å². The summed E-state index contributed by atoms with van der Waals surface area (Å²) in [4.78, 5) is 10.7. The Morgan fingerprint density at radius 3 is 2.43 bits per heavy atom. The van der Waals surface area contributed by atoms with Crippen molar-refractivity contribution in [3.63, 3.8) is 0 Å². The lowest BCUT2D eigenvalue weighted by atomic mass is 9.91. The van der Waals surface area contributed by atoms with Crippen molar-refractivity contribution in [2.75, 3.05) is 6.61 Å². The van der Waals surface area contributed by atoms with Crippen LogP contribution in [-0.4, -0.2) is 23.8 Å². The largest absolute Gasteiger partial charge is 0.484 e. The van der Waals surface area contributed by atoms with E-state index in [1.54, 1.807) is 6.07 Å². The third-order valence-electron chi connectivity index (χ3n) is 3.78. The number of carbonyl (C=O) groups excluding carboxylic acids is 1. The maximum atomic E-state index is 13.6. The van der Waals surface area contributed by atoms with Gasteiger partial charge in [-0.2, -0.15) is 13.2 Å². The Labute approximate surface area is 129 Å². The Morgan fingerprint density at radius 1 is 1.13 bits per heavy atom. The molecule has 1 amide bonds. The minimum atomic E-state index is -4.91. The highest BCUT2D eigenvalue weighted by Crippen LogP contribution is 2.55. The standard InChI is InChI=1S/C16H12F3NO3/c17-16(18,19)15(22)12-4-2-1-3-10(12)11-6-5-9(7-13(11)15)23-8-14(20)21/h1-7,22H,8H2,(H2,20,21)/t15-/m0/s1. The predicted octanol–water partition coefficient (Wildman–Crippen LogP) is 2.33. The number of rotatable bonds is 3. The van der Waals surface area contributed by atoms with Gasteiger partial charge in [0, 0.05) is 11.1 Å². The maximum Gasteiger partial charge on any atom is 0.425 e. The second-order valence-electron chi connectivity index (χ2n) is 5.22. The van der Waals surface area contributed by atoms with Crippen LogP contribution in [0.5, 0.6) is 5.75 Å². The second kappa shape index (κ2) is 4.99. The maximum absolute atomic E-state index is 13.6. The van der Waals surface area contributed by atoms with Crippen molar-refractivity contribution in [2.45, 2.75) is 11.8 Å². The Morgan fingerprint density at radius 2 is 1.78 bits per heavy atom. The molecular formula is C16H12F3NO3. The monoisotopic (exact) mass is 323 g/mol. The van der Waals surface area contributed by atoms with Crippen LogP contribution in [0.15, 0.2) is 42.5 Å². The highest BCUT2D eigenvalue weighted by Gasteiger charge is 2.60. The second-order valence-corrected chi connectivity index (χ2v) is 5.22. The first-order valence-corrected chi connectivity index (χ1v) is 6.70. The van der Waals surface area contributed by atoms with Crippen LogP contribution in [-0.2, 0) is 10.4 Å². The Balaban J connectivity index is 2.17. The first-order valence-electron chi connectivity index (χ1n) is 6.70. The van der Waals surface area contributed by atoms with Gasteiger partial charge in [-0.3, -0.25) is 4.79 Å². The quantitative estimate of drug-likeness (QED) is 0.910. The van der Waals surface area contributed by atoms with E-state index in [1.165, 1.54) is 30.3 Å². The smallest absolute Gasteiger partial charge is 0.425 e. The molecule has 0 bridgehead atoms. The average molecular weight is 323 g/mol.